The Labute approximate surface area is 115 Å². The summed E-state index contributed by atoms with van der Waals surface area (Å²) in [5.41, 5.74) is 1.21. The summed E-state index contributed by atoms with van der Waals surface area (Å²) in [6.45, 7) is 5.54. The minimum absolute atomic E-state index is 0.533. The van der Waals surface area contributed by atoms with Crippen molar-refractivity contribution < 1.29 is 9.47 Å². The molecule has 1 aromatic carbocycles. The topological polar surface area (TPSA) is 33.7 Å². The molecule has 19 heavy (non-hydrogen) atoms. The zero-order valence-corrected chi connectivity index (χ0v) is 12.1. The average Bonchev–Trinajstić information content (AvgIpc) is 2.42. The summed E-state index contributed by atoms with van der Waals surface area (Å²) >= 11 is 0. The fourth-order valence-corrected chi connectivity index (χ4v) is 2.57. The van der Waals surface area contributed by atoms with E-state index < -0.39 is 0 Å². The van der Waals surface area contributed by atoms with Gasteiger partial charge in [0.2, 0.25) is 0 Å². The maximum atomic E-state index is 5.39. The van der Waals surface area contributed by atoms with Gasteiger partial charge in [0.25, 0.3) is 0 Å². The molecule has 1 heterocycles. The Morgan fingerprint density at radius 2 is 1.95 bits per heavy atom. The van der Waals surface area contributed by atoms with Crippen LogP contribution >= 0.6 is 0 Å². The molecule has 2 rings (SSSR count). The molecule has 0 amide bonds. The van der Waals surface area contributed by atoms with E-state index in [2.05, 4.69) is 29.3 Å². The van der Waals surface area contributed by atoms with Crippen LogP contribution in [0.2, 0.25) is 0 Å². The predicted molar refractivity (Wildman–Crippen MR) is 78.5 cm³/mol. The van der Waals surface area contributed by atoms with Crippen LogP contribution in [-0.4, -0.2) is 39.9 Å². The Morgan fingerprint density at radius 3 is 2.68 bits per heavy atom. The number of nitrogens with one attached hydrogen (secondary N) is 1. The number of ether oxygens (including phenoxy) is 2. The lowest BCUT2D eigenvalue weighted by Gasteiger charge is -2.33. The number of nitrogens with zero attached hydrogens (tertiary/aromatic N) is 1. The van der Waals surface area contributed by atoms with E-state index in [0.29, 0.717) is 6.04 Å². The molecule has 1 saturated heterocycles. The number of rotatable bonds is 3. The smallest absolute Gasteiger partial charge is 0.162 e. The highest BCUT2D eigenvalue weighted by atomic mass is 16.5. The standard InChI is InChI=1S/C15H24N2O2/c1-12-7-9-16-8-4-10-17(12)13-5-6-14(18-2)15(11-13)19-3/h5-6,11-12,16H,4,7-10H2,1-3H3. The summed E-state index contributed by atoms with van der Waals surface area (Å²) < 4.78 is 10.7. The van der Waals surface area contributed by atoms with Crippen LogP contribution in [0.3, 0.4) is 0 Å². The van der Waals surface area contributed by atoms with Crippen molar-refractivity contribution in [1.82, 2.24) is 5.32 Å². The van der Waals surface area contributed by atoms with Crippen LogP contribution in [0.1, 0.15) is 19.8 Å². The third-order valence-corrected chi connectivity index (χ3v) is 3.72. The Kier molecular flexibility index (Phi) is 4.91. The zero-order valence-electron chi connectivity index (χ0n) is 12.1. The van der Waals surface area contributed by atoms with Crippen molar-refractivity contribution in [2.45, 2.75) is 25.8 Å². The molecule has 1 atom stereocenters. The van der Waals surface area contributed by atoms with Crippen molar-refractivity contribution in [3.05, 3.63) is 18.2 Å². The van der Waals surface area contributed by atoms with Gasteiger partial charge in [0, 0.05) is 24.3 Å². The van der Waals surface area contributed by atoms with Gasteiger partial charge in [-0.1, -0.05) is 0 Å². The van der Waals surface area contributed by atoms with E-state index in [1.54, 1.807) is 14.2 Å². The first-order valence-electron chi connectivity index (χ1n) is 6.95. The first kappa shape index (κ1) is 14.0. The fourth-order valence-electron chi connectivity index (χ4n) is 2.57. The normalized spacial score (nSPS) is 20.6. The number of methoxy groups -OCH3 is 2. The monoisotopic (exact) mass is 264 g/mol. The molecule has 1 aliphatic rings. The molecule has 0 aromatic heterocycles. The largest absolute Gasteiger partial charge is 0.493 e. The lowest BCUT2D eigenvalue weighted by molar-refractivity contribution is 0.355. The molecule has 4 heteroatoms. The van der Waals surface area contributed by atoms with Gasteiger partial charge in [0.05, 0.1) is 14.2 Å². The lowest BCUT2D eigenvalue weighted by Crippen LogP contribution is -2.40. The van der Waals surface area contributed by atoms with Crippen LogP contribution in [0.15, 0.2) is 18.2 Å². The van der Waals surface area contributed by atoms with Crippen LogP contribution in [-0.2, 0) is 0 Å². The second-order valence-corrected chi connectivity index (χ2v) is 4.97. The number of benzene rings is 1. The maximum absolute atomic E-state index is 5.39. The minimum Gasteiger partial charge on any atom is -0.493 e. The highest BCUT2D eigenvalue weighted by Gasteiger charge is 2.17. The van der Waals surface area contributed by atoms with E-state index in [9.17, 15) is 0 Å². The summed E-state index contributed by atoms with van der Waals surface area (Å²) in [6.07, 6.45) is 2.33. The van der Waals surface area contributed by atoms with Gasteiger partial charge in [-0.25, -0.2) is 0 Å². The first-order chi connectivity index (χ1) is 9.26. The molecule has 0 aliphatic carbocycles. The molecule has 1 aromatic rings. The van der Waals surface area contributed by atoms with Gasteiger partial charge in [-0.15, -0.1) is 0 Å². The van der Waals surface area contributed by atoms with Crippen LogP contribution in [0.25, 0.3) is 0 Å². The van der Waals surface area contributed by atoms with Crippen molar-refractivity contribution in [3.8, 4) is 11.5 Å². The van der Waals surface area contributed by atoms with E-state index in [-0.39, 0.29) is 0 Å². The summed E-state index contributed by atoms with van der Waals surface area (Å²) in [5, 5.41) is 3.46. The Hall–Kier alpha value is -1.42. The van der Waals surface area contributed by atoms with Crippen molar-refractivity contribution in [2.24, 2.45) is 0 Å². The number of hydrogen-bond acceptors (Lipinski definition) is 4. The second-order valence-electron chi connectivity index (χ2n) is 4.97. The van der Waals surface area contributed by atoms with Gasteiger partial charge in [0.1, 0.15) is 0 Å². The number of anilines is 1. The van der Waals surface area contributed by atoms with Crippen LogP contribution in [0.4, 0.5) is 5.69 Å². The quantitative estimate of drug-likeness (QED) is 0.908. The van der Waals surface area contributed by atoms with E-state index in [0.717, 1.165) is 37.6 Å². The van der Waals surface area contributed by atoms with Gasteiger partial charge in [-0.3, -0.25) is 0 Å². The molecule has 1 fully saturated rings. The van der Waals surface area contributed by atoms with Gasteiger partial charge >= 0.3 is 0 Å². The molecule has 1 N–H and O–H groups in total. The minimum atomic E-state index is 0.533. The molecule has 0 radical (unpaired) electrons. The van der Waals surface area contributed by atoms with Crippen molar-refractivity contribution in [2.75, 3.05) is 38.8 Å². The Bertz CT molecular complexity index is 409. The molecule has 1 unspecified atom stereocenters. The first-order valence-corrected chi connectivity index (χ1v) is 6.95. The molecular weight excluding hydrogens is 240 g/mol. The van der Waals surface area contributed by atoms with Gasteiger partial charge in [0.15, 0.2) is 11.5 Å². The maximum Gasteiger partial charge on any atom is 0.162 e. The van der Waals surface area contributed by atoms with Crippen LogP contribution in [0.5, 0.6) is 11.5 Å². The Morgan fingerprint density at radius 1 is 1.16 bits per heavy atom. The summed E-state index contributed by atoms with van der Waals surface area (Å²) in [6, 6.07) is 6.71. The SMILES string of the molecule is COc1ccc(N2CCCNCCC2C)cc1OC. The average molecular weight is 264 g/mol. The predicted octanol–water partition coefficient (Wildman–Crippen LogP) is 2.28. The number of hydrogen-bond donors (Lipinski definition) is 1. The summed E-state index contributed by atoms with van der Waals surface area (Å²) in [7, 11) is 3.35. The fraction of sp³-hybridized carbons (Fsp3) is 0.600. The highest BCUT2D eigenvalue weighted by molar-refractivity contribution is 5.57. The third kappa shape index (κ3) is 3.32. The van der Waals surface area contributed by atoms with Crippen molar-refractivity contribution in [3.63, 3.8) is 0 Å². The van der Waals surface area contributed by atoms with Crippen molar-refractivity contribution >= 4 is 5.69 Å². The summed E-state index contributed by atoms with van der Waals surface area (Å²) in [5.74, 6) is 1.58. The molecule has 1 aliphatic heterocycles. The molecule has 0 saturated carbocycles. The van der Waals surface area contributed by atoms with E-state index in [4.69, 9.17) is 9.47 Å². The molecule has 106 valence electrons. The molecule has 0 spiro atoms. The third-order valence-electron chi connectivity index (χ3n) is 3.72. The zero-order chi connectivity index (χ0) is 13.7. The van der Waals surface area contributed by atoms with Crippen molar-refractivity contribution in [1.29, 1.82) is 0 Å². The van der Waals surface area contributed by atoms with E-state index in [1.165, 1.54) is 12.1 Å². The highest BCUT2D eigenvalue weighted by Crippen LogP contribution is 2.32. The molecular formula is C15H24N2O2. The van der Waals surface area contributed by atoms with E-state index >= 15 is 0 Å². The second kappa shape index (κ2) is 6.66. The van der Waals surface area contributed by atoms with Gasteiger partial charge in [-0.05, 0) is 45.0 Å². The lowest BCUT2D eigenvalue weighted by atomic mass is 10.1. The molecule has 4 nitrogen and oxygen atoms in total. The van der Waals surface area contributed by atoms with Crippen LogP contribution < -0.4 is 19.7 Å². The molecule has 0 bridgehead atoms. The summed E-state index contributed by atoms with van der Waals surface area (Å²) in [4.78, 5) is 2.46. The van der Waals surface area contributed by atoms with E-state index in [1.807, 2.05) is 6.07 Å². The van der Waals surface area contributed by atoms with Gasteiger partial charge in [-0.2, -0.15) is 0 Å². The van der Waals surface area contributed by atoms with Gasteiger partial charge < -0.3 is 19.7 Å². The van der Waals surface area contributed by atoms with Crippen LogP contribution in [0, 0.1) is 0 Å². The Balaban J connectivity index is 2.22.